The van der Waals surface area contributed by atoms with Gasteiger partial charge >= 0.3 is 5.97 Å². The third kappa shape index (κ3) is 2.80. The van der Waals surface area contributed by atoms with Crippen LogP contribution in [0.1, 0.15) is 35.4 Å². The summed E-state index contributed by atoms with van der Waals surface area (Å²) >= 11 is 1.41. The molecule has 1 heterocycles. The number of rotatable bonds is 6. The molecule has 0 spiro atoms. The van der Waals surface area contributed by atoms with Crippen molar-refractivity contribution in [2.24, 2.45) is 11.8 Å². The average molecular weight is 251 g/mol. The van der Waals surface area contributed by atoms with Gasteiger partial charge in [-0.05, 0) is 49.7 Å². The lowest BCUT2D eigenvalue weighted by Crippen LogP contribution is -2.27. The second-order valence-electron chi connectivity index (χ2n) is 5.23. The normalized spacial score (nSPS) is 19.3. The first kappa shape index (κ1) is 11.1. The zero-order valence-electron chi connectivity index (χ0n) is 9.76. The van der Waals surface area contributed by atoms with Gasteiger partial charge < -0.3 is 10.0 Å². The molecule has 2 aliphatic rings. The fraction of sp³-hybridized carbons (Fsp3) is 0.615. The Morgan fingerprint density at radius 2 is 1.82 bits per heavy atom. The van der Waals surface area contributed by atoms with Gasteiger partial charge in [0.1, 0.15) is 4.88 Å². The Bertz CT molecular complexity index is 407. The van der Waals surface area contributed by atoms with Crippen LogP contribution in [-0.4, -0.2) is 24.2 Å². The molecule has 17 heavy (non-hydrogen) atoms. The standard InChI is InChI=1S/C13H17NO2S/c15-13(16)11-5-6-12(17-11)14(7-9-1-2-9)8-10-3-4-10/h5-6,9-10H,1-4,7-8H2,(H,15,16). The summed E-state index contributed by atoms with van der Waals surface area (Å²) in [7, 11) is 0. The van der Waals surface area contributed by atoms with E-state index < -0.39 is 5.97 Å². The highest BCUT2D eigenvalue weighted by Crippen LogP contribution is 2.37. The van der Waals surface area contributed by atoms with Crippen LogP contribution in [-0.2, 0) is 0 Å². The number of anilines is 1. The Kier molecular flexibility index (Phi) is 2.82. The number of carboxylic acids is 1. The number of thiophene rings is 1. The van der Waals surface area contributed by atoms with Gasteiger partial charge in [0.25, 0.3) is 0 Å². The SMILES string of the molecule is O=C(O)c1ccc(N(CC2CC2)CC2CC2)s1. The summed E-state index contributed by atoms with van der Waals surface area (Å²) in [4.78, 5) is 13.8. The van der Waals surface area contributed by atoms with Crippen molar-refractivity contribution in [2.75, 3.05) is 18.0 Å². The summed E-state index contributed by atoms with van der Waals surface area (Å²) in [6.07, 6.45) is 5.38. The van der Waals surface area contributed by atoms with Crippen molar-refractivity contribution in [3.8, 4) is 0 Å². The van der Waals surface area contributed by atoms with Gasteiger partial charge in [-0.1, -0.05) is 0 Å². The van der Waals surface area contributed by atoms with E-state index in [1.807, 2.05) is 6.07 Å². The minimum Gasteiger partial charge on any atom is -0.477 e. The van der Waals surface area contributed by atoms with Gasteiger partial charge in [-0.25, -0.2) is 4.79 Å². The molecule has 0 atom stereocenters. The third-order valence-electron chi connectivity index (χ3n) is 3.47. The molecule has 0 aromatic carbocycles. The highest BCUT2D eigenvalue weighted by molar-refractivity contribution is 7.17. The van der Waals surface area contributed by atoms with Crippen molar-refractivity contribution in [1.29, 1.82) is 0 Å². The van der Waals surface area contributed by atoms with Crippen LogP contribution in [0.15, 0.2) is 12.1 Å². The second-order valence-corrected chi connectivity index (χ2v) is 6.30. The average Bonchev–Trinajstić information content (AvgIpc) is 3.21. The molecule has 3 nitrogen and oxygen atoms in total. The molecule has 3 rings (SSSR count). The Balaban J connectivity index is 1.72. The van der Waals surface area contributed by atoms with Crippen molar-refractivity contribution in [1.82, 2.24) is 0 Å². The summed E-state index contributed by atoms with van der Waals surface area (Å²) in [5, 5.41) is 10.1. The quantitative estimate of drug-likeness (QED) is 0.844. The van der Waals surface area contributed by atoms with Crippen LogP contribution < -0.4 is 4.90 Å². The van der Waals surface area contributed by atoms with Crippen LogP contribution in [0.25, 0.3) is 0 Å². The Hall–Kier alpha value is -1.03. The fourth-order valence-electron chi connectivity index (χ4n) is 2.09. The fourth-order valence-corrected chi connectivity index (χ4v) is 2.95. The predicted octanol–water partition coefficient (Wildman–Crippen LogP) is 3.07. The van der Waals surface area contributed by atoms with Crippen LogP contribution in [0.3, 0.4) is 0 Å². The van der Waals surface area contributed by atoms with Crippen LogP contribution in [0, 0.1) is 11.8 Å². The molecule has 4 heteroatoms. The summed E-state index contributed by atoms with van der Waals surface area (Å²) in [5.41, 5.74) is 0. The summed E-state index contributed by atoms with van der Waals surface area (Å²) in [6.45, 7) is 2.24. The van der Waals surface area contributed by atoms with Crippen molar-refractivity contribution >= 4 is 22.3 Å². The van der Waals surface area contributed by atoms with E-state index >= 15 is 0 Å². The van der Waals surface area contributed by atoms with E-state index in [0.29, 0.717) is 4.88 Å². The number of hydrogen-bond acceptors (Lipinski definition) is 3. The van der Waals surface area contributed by atoms with Crippen molar-refractivity contribution < 1.29 is 9.90 Å². The zero-order valence-corrected chi connectivity index (χ0v) is 10.6. The van der Waals surface area contributed by atoms with Crippen LogP contribution in [0.2, 0.25) is 0 Å². The van der Waals surface area contributed by atoms with E-state index in [1.54, 1.807) is 6.07 Å². The van der Waals surface area contributed by atoms with Crippen molar-refractivity contribution in [2.45, 2.75) is 25.7 Å². The summed E-state index contributed by atoms with van der Waals surface area (Å²) in [5.74, 6) is 0.896. The van der Waals surface area contributed by atoms with Crippen molar-refractivity contribution in [3.05, 3.63) is 17.0 Å². The van der Waals surface area contributed by atoms with Crippen molar-refractivity contribution in [3.63, 3.8) is 0 Å². The van der Waals surface area contributed by atoms with Gasteiger partial charge in [-0.15, -0.1) is 11.3 Å². The maximum atomic E-state index is 10.9. The largest absolute Gasteiger partial charge is 0.477 e. The number of nitrogens with zero attached hydrogens (tertiary/aromatic N) is 1. The first-order chi connectivity index (χ1) is 8.22. The molecule has 1 aromatic heterocycles. The van der Waals surface area contributed by atoms with Crippen LogP contribution in [0.5, 0.6) is 0 Å². The van der Waals surface area contributed by atoms with E-state index in [9.17, 15) is 4.79 Å². The molecular weight excluding hydrogens is 234 g/mol. The van der Waals surface area contributed by atoms with E-state index in [2.05, 4.69) is 4.90 Å². The van der Waals surface area contributed by atoms with E-state index in [0.717, 1.165) is 29.9 Å². The summed E-state index contributed by atoms with van der Waals surface area (Å²) in [6, 6.07) is 3.70. The molecule has 1 N–H and O–H groups in total. The number of hydrogen-bond donors (Lipinski definition) is 1. The first-order valence-corrected chi connectivity index (χ1v) is 7.12. The molecule has 0 unspecified atom stereocenters. The lowest BCUT2D eigenvalue weighted by molar-refractivity contribution is 0.0702. The molecule has 2 fully saturated rings. The number of carboxylic acid groups (broad SMARTS) is 1. The van der Waals surface area contributed by atoms with Gasteiger partial charge in [0, 0.05) is 13.1 Å². The van der Waals surface area contributed by atoms with Gasteiger partial charge in [-0.2, -0.15) is 0 Å². The molecule has 0 bridgehead atoms. The molecule has 0 amide bonds. The first-order valence-electron chi connectivity index (χ1n) is 6.30. The van der Waals surface area contributed by atoms with E-state index in [-0.39, 0.29) is 0 Å². The minimum absolute atomic E-state index is 0.455. The monoisotopic (exact) mass is 251 g/mol. The number of aromatic carboxylic acids is 1. The highest BCUT2D eigenvalue weighted by Gasteiger charge is 2.30. The molecule has 0 saturated heterocycles. The predicted molar refractivity (Wildman–Crippen MR) is 68.9 cm³/mol. The minimum atomic E-state index is -0.806. The Morgan fingerprint density at radius 3 is 2.24 bits per heavy atom. The Labute approximate surface area is 105 Å². The molecule has 92 valence electrons. The molecule has 2 aliphatic carbocycles. The zero-order chi connectivity index (χ0) is 11.8. The van der Waals surface area contributed by atoms with Crippen LogP contribution >= 0.6 is 11.3 Å². The Morgan fingerprint density at radius 1 is 1.24 bits per heavy atom. The smallest absolute Gasteiger partial charge is 0.345 e. The van der Waals surface area contributed by atoms with Gasteiger partial charge in [0.15, 0.2) is 0 Å². The molecule has 0 aliphatic heterocycles. The molecule has 1 aromatic rings. The highest BCUT2D eigenvalue weighted by atomic mass is 32.1. The van der Waals surface area contributed by atoms with Crippen LogP contribution in [0.4, 0.5) is 5.00 Å². The topological polar surface area (TPSA) is 40.5 Å². The third-order valence-corrected chi connectivity index (χ3v) is 4.60. The lowest BCUT2D eigenvalue weighted by atomic mass is 10.3. The maximum Gasteiger partial charge on any atom is 0.345 e. The van der Waals surface area contributed by atoms with E-state index in [1.165, 1.54) is 37.0 Å². The van der Waals surface area contributed by atoms with Gasteiger partial charge in [-0.3, -0.25) is 0 Å². The van der Waals surface area contributed by atoms with Gasteiger partial charge in [0.2, 0.25) is 0 Å². The molecular formula is C13H17NO2S. The number of carbonyl (C=O) groups is 1. The molecule has 2 saturated carbocycles. The lowest BCUT2D eigenvalue weighted by Gasteiger charge is -2.22. The molecule has 0 radical (unpaired) electrons. The van der Waals surface area contributed by atoms with E-state index in [4.69, 9.17) is 5.11 Å². The summed E-state index contributed by atoms with van der Waals surface area (Å²) < 4.78 is 0. The second kappa shape index (κ2) is 4.33. The maximum absolute atomic E-state index is 10.9. The van der Waals surface area contributed by atoms with Gasteiger partial charge in [0.05, 0.1) is 5.00 Å².